The summed E-state index contributed by atoms with van der Waals surface area (Å²) in [6.07, 6.45) is 8.90. The van der Waals surface area contributed by atoms with Gasteiger partial charge in [-0.15, -0.1) is 10.2 Å². The van der Waals surface area contributed by atoms with Gasteiger partial charge in [-0.1, -0.05) is 38.0 Å². The molecule has 1 aliphatic carbocycles. The maximum absolute atomic E-state index is 5.20. The lowest BCUT2D eigenvalue weighted by atomic mass is 10.0. The molecule has 2 aliphatic heterocycles. The molecule has 7 nitrogen and oxygen atoms in total. The van der Waals surface area contributed by atoms with Crippen molar-refractivity contribution in [2.24, 2.45) is 0 Å². The molecule has 154 valence electrons. The second-order valence-corrected chi connectivity index (χ2v) is 8.71. The summed E-state index contributed by atoms with van der Waals surface area (Å²) in [6, 6.07) is 9.33. The van der Waals surface area contributed by atoms with Crippen LogP contribution in [-0.2, 0) is 6.42 Å². The number of hydrogen-bond donors (Lipinski definition) is 1. The molecule has 1 saturated carbocycles. The lowest BCUT2D eigenvalue weighted by Gasteiger charge is -2.41. The summed E-state index contributed by atoms with van der Waals surface area (Å²) in [6.45, 7) is 4.25. The zero-order valence-electron chi connectivity index (χ0n) is 17.5. The molecular weight excluding hydrogens is 374 g/mol. The van der Waals surface area contributed by atoms with E-state index in [1.807, 2.05) is 13.1 Å². The van der Waals surface area contributed by atoms with Crippen LogP contribution in [0.1, 0.15) is 74.1 Å². The molecule has 2 aromatic heterocycles. The van der Waals surface area contributed by atoms with Crippen molar-refractivity contribution in [3.8, 4) is 5.69 Å². The number of para-hydroxylation sites is 1. The Morgan fingerprint density at radius 2 is 1.97 bits per heavy atom. The number of benzene rings is 1. The fourth-order valence-electron chi connectivity index (χ4n) is 5.50. The fourth-order valence-corrected chi connectivity index (χ4v) is 5.50. The van der Waals surface area contributed by atoms with E-state index in [0.717, 1.165) is 41.8 Å². The predicted molar refractivity (Wildman–Crippen MR) is 116 cm³/mol. The van der Waals surface area contributed by atoms with Crippen LogP contribution in [0.5, 0.6) is 0 Å². The number of rotatable bonds is 3. The van der Waals surface area contributed by atoms with E-state index in [1.54, 1.807) is 0 Å². The predicted octanol–water partition coefficient (Wildman–Crippen LogP) is 4.29. The average Bonchev–Trinajstić information content (AvgIpc) is 3.52. The van der Waals surface area contributed by atoms with Crippen molar-refractivity contribution in [1.82, 2.24) is 24.7 Å². The van der Waals surface area contributed by atoms with Crippen molar-refractivity contribution in [3.63, 3.8) is 0 Å². The number of aromatic nitrogens is 5. The number of fused-ring (bicyclic) bond motifs is 4. The summed E-state index contributed by atoms with van der Waals surface area (Å²) in [5.41, 5.74) is 3.54. The molecule has 1 N–H and O–H groups in total. The molecule has 7 heteroatoms. The van der Waals surface area contributed by atoms with E-state index < -0.39 is 0 Å². The van der Waals surface area contributed by atoms with Crippen LogP contribution < -0.4 is 10.2 Å². The molecule has 1 aromatic carbocycles. The van der Waals surface area contributed by atoms with Crippen LogP contribution in [0.3, 0.4) is 0 Å². The summed E-state index contributed by atoms with van der Waals surface area (Å²) in [7, 11) is 0. The number of aryl methyl sites for hydroxylation is 1. The van der Waals surface area contributed by atoms with Gasteiger partial charge < -0.3 is 10.2 Å². The lowest BCUT2D eigenvalue weighted by molar-refractivity contribution is 0.466. The topological polar surface area (TPSA) is 71.8 Å². The molecule has 30 heavy (non-hydrogen) atoms. The monoisotopic (exact) mass is 401 g/mol. The van der Waals surface area contributed by atoms with E-state index in [2.05, 4.69) is 56.2 Å². The molecule has 2 atom stereocenters. The summed E-state index contributed by atoms with van der Waals surface area (Å²) in [5, 5.41) is 12.6. The highest BCUT2D eigenvalue weighted by atomic mass is 15.4. The van der Waals surface area contributed by atoms with Crippen LogP contribution in [0.25, 0.3) is 5.69 Å². The van der Waals surface area contributed by atoms with Crippen LogP contribution in [0.2, 0.25) is 0 Å². The molecule has 0 saturated heterocycles. The number of anilines is 2. The van der Waals surface area contributed by atoms with Gasteiger partial charge in [0.15, 0.2) is 17.5 Å². The van der Waals surface area contributed by atoms with Gasteiger partial charge in [0.2, 0.25) is 0 Å². The van der Waals surface area contributed by atoms with Crippen molar-refractivity contribution >= 4 is 11.5 Å². The normalized spacial score (nSPS) is 22.5. The maximum Gasteiger partial charge on any atom is 0.160 e. The van der Waals surface area contributed by atoms with Gasteiger partial charge in [0.25, 0.3) is 0 Å². The van der Waals surface area contributed by atoms with Gasteiger partial charge in [-0.05, 0) is 37.8 Å². The van der Waals surface area contributed by atoms with Gasteiger partial charge >= 0.3 is 0 Å². The number of nitrogens with zero attached hydrogens (tertiary/aromatic N) is 6. The highest BCUT2D eigenvalue weighted by Gasteiger charge is 2.39. The third-order valence-electron chi connectivity index (χ3n) is 6.93. The molecule has 0 radical (unpaired) electrons. The minimum absolute atomic E-state index is 0.113. The first-order chi connectivity index (χ1) is 14.7. The fraction of sp³-hybridized carbons (Fsp3) is 0.478. The Hall–Kier alpha value is -2.96. The van der Waals surface area contributed by atoms with Gasteiger partial charge in [0.1, 0.15) is 11.5 Å². The average molecular weight is 402 g/mol. The molecular formula is C23H27N7. The van der Waals surface area contributed by atoms with E-state index in [9.17, 15) is 0 Å². The van der Waals surface area contributed by atoms with E-state index in [-0.39, 0.29) is 12.1 Å². The van der Waals surface area contributed by atoms with Crippen molar-refractivity contribution in [2.45, 2.75) is 70.5 Å². The quantitative estimate of drug-likeness (QED) is 0.706. The molecule has 6 rings (SSSR count). The van der Waals surface area contributed by atoms with E-state index >= 15 is 0 Å². The maximum atomic E-state index is 5.20. The standard InChI is InChI=1S/C23H27N7/c1-3-19-23-28-27-14(2)29(23)20-13-24-21(18-12-15-8-4-7-11-17(15)25-18)26-22(20)30(19)16-9-5-6-10-16/h4,7-8,11,13,16,18-19,25H,3,5-6,9-10,12H2,1-2H3/t18?,19-/m1/s1. The van der Waals surface area contributed by atoms with Crippen molar-refractivity contribution in [3.05, 3.63) is 53.5 Å². The molecule has 0 spiro atoms. The van der Waals surface area contributed by atoms with Crippen LogP contribution >= 0.6 is 0 Å². The van der Waals surface area contributed by atoms with Crippen LogP contribution in [0.4, 0.5) is 11.5 Å². The Bertz CT molecular complexity index is 1070. The largest absolute Gasteiger partial charge is 0.375 e. The Kier molecular flexibility index (Phi) is 4.04. The third-order valence-corrected chi connectivity index (χ3v) is 6.93. The first kappa shape index (κ1) is 17.9. The van der Waals surface area contributed by atoms with Gasteiger partial charge in [0.05, 0.1) is 18.3 Å². The van der Waals surface area contributed by atoms with E-state index in [4.69, 9.17) is 9.97 Å². The summed E-state index contributed by atoms with van der Waals surface area (Å²) in [5.74, 6) is 3.85. The molecule has 3 aliphatic rings. The minimum atomic E-state index is 0.113. The first-order valence-electron chi connectivity index (χ1n) is 11.2. The van der Waals surface area contributed by atoms with Gasteiger partial charge in [-0.25, -0.2) is 9.97 Å². The van der Waals surface area contributed by atoms with Gasteiger partial charge in [0, 0.05) is 18.2 Å². The highest BCUT2D eigenvalue weighted by molar-refractivity contribution is 5.63. The third kappa shape index (κ3) is 2.57. The molecule has 0 bridgehead atoms. The Balaban J connectivity index is 1.47. The zero-order valence-corrected chi connectivity index (χ0v) is 17.5. The van der Waals surface area contributed by atoms with Crippen LogP contribution in [0, 0.1) is 6.92 Å². The van der Waals surface area contributed by atoms with Crippen molar-refractivity contribution < 1.29 is 0 Å². The molecule has 0 amide bonds. The molecule has 4 heterocycles. The first-order valence-corrected chi connectivity index (χ1v) is 11.2. The summed E-state index contributed by atoms with van der Waals surface area (Å²) < 4.78 is 2.16. The molecule has 1 unspecified atom stereocenters. The van der Waals surface area contributed by atoms with Crippen molar-refractivity contribution in [1.29, 1.82) is 0 Å². The Labute approximate surface area is 176 Å². The summed E-state index contributed by atoms with van der Waals surface area (Å²) in [4.78, 5) is 12.6. The summed E-state index contributed by atoms with van der Waals surface area (Å²) >= 11 is 0. The lowest BCUT2D eigenvalue weighted by Crippen LogP contribution is -2.42. The Morgan fingerprint density at radius 3 is 2.77 bits per heavy atom. The zero-order chi connectivity index (χ0) is 20.2. The van der Waals surface area contributed by atoms with E-state index in [1.165, 1.54) is 36.9 Å². The second-order valence-electron chi connectivity index (χ2n) is 8.71. The van der Waals surface area contributed by atoms with Gasteiger partial charge in [-0.3, -0.25) is 4.57 Å². The molecule has 1 fully saturated rings. The highest BCUT2D eigenvalue weighted by Crippen LogP contribution is 2.44. The van der Waals surface area contributed by atoms with Gasteiger partial charge in [-0.2, -0.15) is 0 Å². The smallest absolute Gasteiger partial charge is 0.160 e. The number of nitrogens with one attached hydrogen (secondary N) is 1. The van der Waals surface area contributed by atoms with E-state index in [0.29, 0.717) is 6.04 Å². The minimum Gasteiger partial charge on any atom is -0.375 e. The Morgan fingerprint density at radius 1 is 1.13 bits per heavy atom. The van der Waals surface area contributed by atoms with Crippen LogP contribution in [-0.4, -0.2) is 30.8 Å². The molecule has 3 aromatic rings. The number of hydrogen-bond acceptors (Lipinski definition) is 6. The SMILES string of the molecule is CC[C@@H]1c2nnc(C)n2-c2cnc(C3Cc4ccccc4N3)nc2N1C1CCCC1. The second kappa shape index (κ2) is 6.79. The van der Waals surface area contributed by atoms with Crippen LogP contribution in [0.15, 0.2) is 30.5 Å². The van der Waals surface area contributed by atoms with Crippen molar-refractivity contribution in [2.75, 3.05) is 10.2 Å².